The molecule has 0 N–H and O–H groups in total. The van der Waals surface area contributed by atoms with Crippen LogP contribution in [0.3, 0.4) is 0 Å². The van der Waals surface area contributed by atoms with Crippen molar-refractivity contribution in [2.75, 3.05) is 0 Å². The smallest absolute Gasteiger partial charge is 0.266 e. The minimum atomic E-state index is -0.156. The zero-order valence-corrected chi connectivity index (χ0v) is 8.13. The highest BCUT2D eigenvalue weighted by Crippen LogP contribution is 2.08. The van der Waals surface area contributed by atoms with Crippen LogP contribution in [0.4, 0.5) is 0 Å². The Hall–Kier alpha value is -1.08. The summed E-state index contributed by atoms with van der Waals surface area (Å²) in [6, 6.07) is 3.71. The summed E-state index contributed by atoms with van der Waals surface area (Å²) in [5, 5.41) is 8.38. The molecule has 0 aromatic carbocycles. The normalized spacial score (nSPS) is 9.42. The third-order valence-electron chi connectivity index (χ3n) is 1.54. The lowest BCUT2D eigenvalue weighted by molar-refractivity contribution is 0.780. The van der Waals surface area contributed by atoms with Gasteiger partial charge < -0.3 is 4.57 Å². The molecule has 62 valence electrons. The molecule has 0 bridgehead atoms. The molecule has 0 saturated carbocycles. The Kier molecular flexibility index (Phi) is 2.66. The second kappa shape index (κ2) is 3.55. The third kappa shape index (κ3) is 1.56. The molecule has 0 atom stereocenters. The van der Waals surface area contributed by atoms with E-state index in [9.17, 15) is 4.79 Å². The zero-order valence-electron chi connectivity index (χ0n) is 6.54. The van der Waals surface area contributed by atoms with Crippen molar-refractivity contribution in [1.29, 1.82) is 5.26 Å². The fourth-order valence-corrected chi connectivity index (χ4v) is 1.20. The number of pyridine rings is 1. The number of halogens is 1. The van der Waals surface area contributed by atoms with E-state index in [0.29, 0.717) is 4.47 Å². The van der Waals surface area contributed by atoms with Gasteiger partial charge in [0.05, 0.1) is 10.5 Å². The lowest BCUT2D eigenvalue weighted by Crippen LogP contribution is -2.20. The highest BCUT2D eigenvalue weighted by atomic mass is 79.9. The van der Waals surface area contributed by atoms with Crippen LogP contribution in [0.15, 0.2) is 21.5 Å². The van der Waals surface area contributed by atoms with Crippen molar-refractivity contribution in [2.45, 2.75) is 13.5 Å². The maximum Gasteiger partial charge on any atom is 0.266 e. The molecule has 0 aliphatic heterocycles. The van der Waals surface area contributed by atoms with Gasteiger partial charge in [-0.25, -0.2) is 0 Å². The molecule has 1 aromatic rings. The molecule has 0 amide bonds. The lowest BCUT2D eigenvalue weighted by Gasteiger charge is -2.01. The Balaban J connectivity index is 3.29. The van der Waals surface area contributed by atoms with E-state index in [1.807, 2.05) is 13.0 Å². The summed E-state index contributed by atoms with van der Waals surface area (Å²) in [7, 11) is 0. The molecule has 0 fully saturated rings. The van der Waals surface area contributed by atoms with Crippen molar-refractivity contribution < 1.29 is 0 Å². The number of nitrogens with zero attached hydrogens (tertiary/aromatic N) is 2. The number of aryl methyl sites for hydroxylation is 1. The summed E-state index contributed by atoms with van der Waals surface area (Å²) in [6.07, 6.45) is 1.62. The Morgan fingerprint density at radius 3 is 3.00 bits per heavy atom. The van der Waals surface area contributed by atoms with Gasteiger partial charge in [0.25, 0.3) is 5.56 Å². The van der Waals surface area contributed by atoms with Crippen molar-refractivity contribution >= 4 is 15.9 Å². The number of aromatic nitrogens is 1. The molecule has 0 aliphatic carbocycles. The molecule has 0 spiro atoms. The maximum atomic E-state index is 11.3. The summed E-state index contributed by atoms with van der Waals surface area (Å²) in [5.74, 6) is 0. The summed E-state index contributed by atoms with van der Waals surface area (Å²) in [5.41, 5.74) is 0.728. The summed E-state index contributed by atoms with van der Waals surface area (Å²) in [4.78, 5) is 11.3. The molecular weight excluding hydrogens is 220 g/mol. The van der Waals surface area contributed by atoms with E-state index in [0.717, 1.165) is 5.56 Å². The van der Waals surface area contributed by atoms with E-state index < -0.39 is 0 Å². The van der Waals surface area contributed by atoms with Crippen LogP contribution in [0.2, 0.25) is 0 Å². The topological polar surface area (TPSA) is 45.8 Å². The van der Waals surface area contributed by atoms with Gasteiger partial charge >= 0.3 is 0 Å². The van der Waals surface area contributed by atoms with Crippen molar-refractivity contribution in [3.05, 3.63) is 32.7 Å². The van der Waals surface area contributed by atoms with Gasteiger partial charge in [-0.1, -0.05) is 0 Å². The molecule has 4 heteroatoms. The van der Waals surface area contributed by atoms with E-state index in [2.05, 4.69) is 15.9 Å². The van der Waals surface area contributed by atoms with Gasteiger partial charge in [-0.05, 0) is 34.5 Å². The zero-order chi connectivity index (χ0) is 9.14. The molecule has 0 saturated heterocycles. The first kappa shape index (κ1) is 9.01. The van der Waals surface area contributed by atoms with Crippen LogP contribution in [-0.4, -0.2) is 4.57 Å². The molecule has 0 unspecified atom stereocenters. The SMILES string of the molecule is Cc1ccn(CC#N)c(=O)c1Br. The number of nitriles is 1. The number of hydrogen-bond acceptors (Lipinski definition) is 2. The standard InChI is InChI=1S/C8H7BrN2O/c1-6-2-4-11(5-3-10)8(12)7(6)9/h2,4H,5H2,1H3. The van der Waals surface area contributed by atoms with E-state index >= 15 is 0 Å². The maximum absolute atomic E-state index is 11.3. The van der Waals surface area contributed by atoms with E-state index in [-0.39, 0.29) is 12.1 Å². The number of hydrogen-bond donors (Lipinski definition) is 0. The summed E-state index contributed by atoms with van der Waals surface area (Å²) in [6.45, 7) is 1.93. The highest BCUT2D eigenvalue weighted by Gasteiger charge is 2.02. The van der Waals surface area contributed by atoms with Gasteiger partial charge in [-0.2, -0.15) is 5.26 Å². The van der Waals surface area contributed by atoms with Gasteiger partial charge in [-0.15, -0.1) is 0 Å². The van der Waals surface area contributed by atoms with Crippen molar-refractivity contribution in [1.82, 2.24) is 4.57 Å². The third-order valence-corrected chi connectivity index (χ3v) is 2.50. The van der Waals surface area contributed by atoms with Gasteiger partial charge in [0.15, 0.2) is 0 Å². The first-order valence-electron chi connectivity index (χ1n) is 3.39. The molecule has 0 aliphatic rings. The molecule has 1 aromatic heterocycles. The second-order valence-corrected chi connectivity index (χ2v) is 3.20. The van der Waals surface area contributed by atoms with Gasteiger partial charge in [0.1, 0.15) is 6.54 Å². The van der Waals surface area contributed by atoms with Crippen LogP contribution < -0.4 is 5.56 Å². The quantitative estimate of drug-likeness (QED) is 0.728. The lowest BCUT2D eigenvalue weighted by atomic mass is 10.3. The first-order chi connectivity index (χ1) is 5.66. The van der Waals surface area contributed by atoms with Crippen LogP contribution in [0.25, 0.3) is 0 Å². The van der Waals surface area contributed by atoms with Crippen molar-refractivity contribution in [2.24, 2.45) is 0 Å². The molecule has 1 rings (SSSR count). The van der Waals surface area contributed by atoms with E-state index in [1.165, 1.54) is 4.57 Å². The van der Waals surface area contributed by atoms with Crippen LogP contribution >= 0.6 is 15.9 Å². The Bertz CT molecular complexity index is 389. The van der Waals surface area contributed by atoms with Crippen LogP contribution in [0.1, 0.15) is 5.56 Å². The van der Waals surface area contributed by atoms with E-state index in [1.54, 1.807) is 12.3 Å². The van der Waals surface area contributed by atoms with Crippen LogP contribution in [0.5, 0.6) is 0 Å². The Morgan fingerprint density at radius 2 is 2.42 bits per heavy atom. The Morgan fingerprint density at radius 1 is 1.75 bits per heavy atom. The van der Waals surface area contributed by atoms with Crippen LogP contribution in [-0.2, 0) is 6.54 Å². The second-order valence-electron chi connectivity index (χ2n) is 2.40. The average Bonchev–Trinajstić information content (AvgIpc) is 2.07. The highest BCUT2D eigenvalue weighted by molar-refractivity contribution is 9.10. The van der Waals surface area contributed by atoms with Crippen molar-refractivity contribution in [3.8, 4) is 6.07 Å². The summed E-state index contributed by atoms with van der Waals surface area (Å²) < 4.78 is 1.89. The molecule has 1 heterocycles. The van der Waals surface area contributed by atoms with Crippen molar-refractivity contribution in [3.63, 3.8) is 0 Å². The molecule has 3 nitrogen and oxygen atoms in total. The van der Waals surface area contributed by atoms with Gasteiger partial charge in [0, 0.05) is 6.20 Å². The predicted octanol–water partition coefficient (Wildman–Crippen LogP) is 1.44. The molecular formula is C8H7BrN2O. The fourth-order valence-electron chi connectivity index (χ4n) is 0.838. The van der Waals surface area contributed by atoms with Gasteiger partial charge in [0.2, 0.25) is 0 Å². The minimum Gasteiger partial charge on any atom is -0.301 e. The monoisotopic (exact) mass is 226 g/mol. The largest absolute Gasteiger partial charge is 0.301 e. The predicted molar refractivity (Wildman–Crippen MR) is 48.8 cm³/mol. The number of rotatable bonds is 1. The average molecular weight is 227 g/mol. The fraction of sp³-hybridized carbons (Fsp3) is 0.250. The van der Waals surface area contributed by atoms with Crippen LogP contribution in [0, 0.1) is 18.3 Å². The Labute approximate surface area is 78.4 Å². The van der Waals surface area contributed by atoms with E-state index in [4.69, 9.17) is 5.26 Å². The molecule has 12 heavy (non-hydrogen) atoms. The minimum absolute atomic E-state index is 0.0950. The summed E-state index contributed by atoms with van der Waals surface area (Å²) >= 11 is 3.16. The van der Waals surface area contributed by atoms with Gasteiger partial charge in [-0.3, -0.25) is 4.79 Å². The molecule has 0 radical (unpaired) electrons. The first-order valence-corrected chi connectivity index (χ1v) is 4.18.